The third-order valence-electron chi connectivity index (χ3n) is 2.40. The SMILES string of the molecule is CCc1cc2c(I)csc2cc1CO. The zero-order valence-corrected chi connectivity index (χ0v) is 10.9. The van der Waals surface area contributed by atoms with Gasteiger partial charge in [0.15, 0.2) is 0 Å². The largest absolute Gasteiger partial charge is 0.392 e. The number of aryl methyl sites for hydroxylation is 1. The highest BCUT2D eigenvalue weighted by molar-refractivity contribution is 14.1. The number of fused-ring (bicyclic) bond motifs is 1. The molecule has 0 saturated carbocycles. The van der Waals surface area contributed by atoms with Crippen molar-refractivity contribution in [2.75, 3.05) is 0 Å². The molecule has 0 atom stereocenters. The topological polar surface area (TPSA) is 20.2 Å². The first-order valence-corrected chi connectivity index (χ1v) is 6.51. The minimum Gasteiger partial charge on any atom is -0.392 e. The molecule has 0 amide bonds. The molecule has 0 spiro atoms. The second-order valence-electron chi connectivity index (χ2n) is 3.21. The van der Waals surface area contributed by atoms with Crippen molar-refractivity contribution in [1.82, 2.24) is 0 Å². The third-order valence-corrected chi connectivity index (χ3v) is 4.66. The Bertz CT molecular complexity index is 462. The van der Waals surface area contributed by atoms with Gasteiger partial charge in [-0.3, -0.25) is 0 Å². The molecule has 3 heteroatoms. The number of thiophene rings is 1. The van der Waals surface area contributed by atoms with Crippen LogP contribution in [0.2, 0.25) is 0 Å². The summed E-state index contributed by atoms with van der Waals surface area (Å²) in [6, 6.07) is 4.32. The molecule has 1 heterocycles. The van der Waals surface area contributed by atoms with Gasteiger partial charge in [0.2, 0.25) is 0 Å². The second-order valence-corrected chi connectivity index (χ2v) is 5.29. The first-order valence-electron chi connectivity index (χ1n) is 4.55. The van der Waals surface area contributed by atoms with Gasteiger partial charge >= 0.3 is 0 Å². The number of halogens is 1. The van der Waals surface area contributed by atoms with E-state index in [9.17, 15) is 5.11 Å². The molecule has 0 radical (unpaired) electrons. The molecule has 74 valence electrons. The molecule has 0 aliphatic heterocycles. The molecule has 1 N–H and O–H groups in total. The highest BCUT2D eigenvalue weighted by atomic mass is 127. The maximum absolute atomic E-state index is 9.22. The fraction of sp³-hybridized carbons (Fsp3) is 0.273. The van der Waals surface area contributed by atoms with Gasteiger partial charge in [-0.05, 0) is 52.3 Å². The molecule has 14 heavy (non-hydrogen) atoms. The second kappa shape index (κ2) is 4.16. The van der Waals surface area contributed by atoms with E-state index in [4.69, 9.17) is 0 Å². The van der Waals surface area contributed by atoms with Crippen LogP contribution in [0.1, 0.15) is 18.1 Å². The fourth-order valence-electron chi connectivity index (χ4n) is 1.61. The Hall–Kier alpha value is -0.130. The first-order chi connectivity index (χ1) is 6.76. The monoisotopic (exact) mass is 318 g/mol. The summed E-state index contributed by atoms with van der Waals surface area (Å²) >= 11 is 4.10. The van der Waals surface area contributed by atoms with Crippen molar-refractivity contribution in [2.45, 2.75) is 20.0 Å². The van der Waals surface area contributed by atoms with Crippen LogP contribution >= 0.6 is 33.9 Å². The summed E-state index contributed by atoms with van der Waals surface area (Å²) in [5, 5.41) is 12.7. The van der Waals surface area contributed by atoms with Gasteiger partial charge < -0.3 is 5.11 Å². The Kier molecular flexibility index (Phi) is 3.09. The Balaban J connectivity index is 2.71. The van der Waals surface area contributed by atoms with E-state index in [0.717, 1.165) is 12.0 Å². The Morgan fingerprint density at radius 1 is 1.36 bits per heavy atom. The molecule has 0 bridgehead atoms. The van der Waals surface area contributed by atoms with Crippen LogP contribution in [0.25, 0.3) is 10.1 Å². The number of aliphatic hydroxyl groups excluding tert-OH is 1. The molecule has 1 nitrogen and oxygen atoms in total. The normalized spacial score (nSPS) is 11.1. The van der Waals surface area contributed by atoms with Crippen molar-refractivity contribution < 1.29 is 5.11 Å². The van der Waals surface area contributed by atoms with Crippen molar-refractivity contribution in [3.8, 4) is 0 Å². The number of hydrogen-bond acceptors (Lipinski definition) is 2. The van der Waals surface area contributed by atoms with Crippen molar-refractivity contribution in [3.05, 3.63) is 32.2 Å². The maximum Gasteiger partial charge on any atom is 0.0685 e. The van der Waals surface area contributed by atoms with Crippen LogP contribution in [0.5, 0.6) is 0 Å². The van der Waals surface area contributed by atoms with Crippen LogP contribution in [0.4, 0.5) is 0 Å². The van der Waals surface area contributed by atoms with Crippen molar-refractivity contribution in [3.63, 3.8) is 0 Å². The van der Waals surface area contributed by atoms with E-state index in [1.54, 1.807) is 11.3 Å². The molecule has 0 fully saturated rings. The molecular weight excluding hydrogens is 307 g/mol. The van der Waals surface area contributed by atoms with Gasteiger partial charge in [0, 0.05) is 19.0 Å². The highest BCUT2D eigenvalue weighted by Gasteiger charge is 2.06. The summed E-state index contributed by atoms with van der Waals surface area (Å²) in [6.07, 6.45) is 0.984. The van der Waals surface area contributed by atoms with Crippen LogP contribution in [0.3, 0.4) is 0 Å². The molecule has 0 aliphatic rings. The summed E-state index contributed by atoms with van der Waals surface area (Å²) in [5.74, 6) is 0. The van der Waals surface area contributed by atoms with Gasteiger partial charge in [0.1, 0.15) is 0 Å². The Morgan fingerprint density at radius 2 is 2.14 bits per heavy atom. The Morgan fingerprint density at radius 3 is 2.79 bits per heavy atom. The van der Waals surface area contributed by atoms with Gasteiger partial charge in [-0.15, -0.1) is 11.3 Å². The molecule has 0 saturated heterocycles. The third kappa shape index (κ3) is 1.68. The Labute approximate surface area is 101 Å². The standard InChI is InChI=1S/C11H11IOS/c1-2-7-3-9-10(12)6-14-11(9)4-8(7)5-13/h3-4,6,13H,2,5H2,1H3. The molecule has 1 aromatic carbocycles. The van der Waals surface area contributed by atoms with Crippen molar-refractivity contribution >= 4 is 44.0 Å². The minimum atomic E-state index is 0.146. The highest BCUT2D eigenvalue weighted by Crippen LogP contribution is 2.30. The lowest BCUT2D eigenvalue weighted by molar-refractivity contribution is 0.281. The summed E-state index contributed by atoms with van der Waals surface area (Å²) < 4.78 is 2.58. The van der Waals surface area contributed by atoms with E-state index in [0.29, 0.717) is 0 Å². The van der Waals surface area contributed by atoms with Crippen LogP contribution < -0.4 is 0 Å². The predicted molar refractivity (Wildman–Crippen MR) is 69.8 cm³/mol. The fourth-order valence-corrected chi connectivity index (χ4v) is 3.48. The van der Waals surface area contributed by atoms with Crippen LogP contribution in [-0.2, 0) is 13.0 Å². The molecule has 0 aliphatic carbocycles. The molecular formula is C11H11IOS. The van der Waals surface area contributed by atoms with Crippen LogP contribution in [-0.4, -0.2) is 5.11 Å². The lowest BCUT2D eigenvalue weighted by atomic mass is 10.0. The number of rotatable bonds is 2. The van der Waals surface area contributed by atoms with E-state index in [2.05, 4.69) is 47.0 Å². The van der Waals surface area contributed by atoms with Gasteiger partial charge in [0.05, 0.1) is 6.61 Å². The van der Waals surface area contributed by atoms with E-state index in [1.807, 2.05) is 0 Å². The summed E-state index contributed by atoms with van der Waals surface area (Å²) in [5.41, 5.74) is 2.33. The van der Waals surface area contributed by atoms with Gasteiger partial charge in [-0.1, -0.05) is 6.92 Å². The van der Waals surface area contributed by atoms with E-state index in [-0.39, 0.29) is 6.61 Å². The quantitative estimate of drug-likeness (QED) is 0.840. The maximum atomic E-state index is 9.22. The molecule has 2 aromatic rings. The number of aliphatic hydroxyl groups is 1. The average Bonchev–Trinajstić information content (AvgIpc) is 2.58. The van der Waals surface area contributed by atoms with E-state index >= 15 is 0 Å². The minimum absolute atomic E-state index is 0.146. The lowest BCUT2D eigenvalue weighted by Crippen LogP contribution is -1.91. The van der Waals surface area contributed by atoms with Gasteiger partial charge in [-0.25, -0.2) is 0 Å². The smallest absolute Gasteiger partial charge is 0.0685 e. The number of benzene rings is 1. The van der Waals surface area contributed by atoms with Crippen LogP contribution in [0.15, 0.2) is 17.5 Å². The summed E-state index contributed by atoms with van der Waals surface area (Å²) in [7, 11) is 0. The van der Waals surface area contributed by atoms with Crippen LogP contribution in [0, 0.1) is 3.57 Å². The van der Waals surface area contributed by atoms with Crippen molar-refractivity contribution in [2.24, 2.45) is 0 Å². The van der Waals surface area contributed by atoms with E-state index in [1.165, 1.54) is 19.2 Å². The van der Waals surface area contributed by atoms with Gasteiger partial charge in [0.25, 0.3) is 0 Å². The molecule has 2 rings (SSSR count). The average molecular weight is 318 g/mol. The number of hydrogen-bond donors (Lipinski definition) is 1. The van der Waals surface area contributed by atoms with Crippen molar-refractivity contribution in [1.29, 1.82) is 0 Å². The lowest BCUT2D eigenvalue weighted by Gasteiger charge is -2.05. The first kappa shape index (κ1) is 10.4. The summed E-state index contributed by atoms with van der Waals surface area (Å²) in [6.45, 7) is 2.27. The molecule has 0 unspecified atom stereocenters. The van der Waals surface area contributed by atoms with E-state index < -0.39 is 0 Å². The van der Waals surface area contributed by atoms with Gasteiger partial charge in [-0.2, -0.15) is 0 Å². The molecule has 1 aromatic heterocycles. The zero-order valence-electron chi connectivity index (χ0n) is 7.88. The summed E-state index contributed by atoms with van der Waals surface area (Å²) in [4.78, 5) is 0. The predicted octanol–water partition coefficient (Wildman–Crippen LogP) is 3.56. The zero-order chi connectivity index (χ0) is 10.1.